The van der Waals surface area contributed by atoms with Gasteiger partial charge in [-0.1, -0.05) is 15.9 Å². The standard InChI is InChI=1S/C13H17BrN4O/c1-9-7-10(14)3-4-11(9)13-17-16-12(8-15)18(13)5-6-19-2/h3-4,7H,5-6,8,15H2,1-2H3. The van der Waals surface area contributed by atoms with Crippen LogP contribution in [0.25, 0.3) is 11.4 Å². The van der Waals surface area contributed by atoms with Gasteiger partial charge in [-0.2, -0.15) is 0 Å². The fourth-order valence-electron chi connectivity index (χ4n) is 1.98. The van der Waals surface area contributed by atoms with Crippen LogP contribution in [-0.4, -0.2) is 28.5 Å². The maximum atomic E-state index is 5.70. The monoisotopic (exact) mass is 324 g/mol. The molecule has 0 radical (unpaired) electrons. The molecular weight excluding hydrogens is 308 g/mol. The van der Waals surface area contributed by atoms with Crippen molar-refractivity contribution >= 4 is 15.9 Å². The molecule has 0 bridgehead atoms. The largest absolute Gasteiger partial charge is 0.383 e. The van der Waals surface area contributed by atoms with Gasteiger partial charge in [0.25, 0.3) is 0 Å². The first-order valence-electron chi connectivity index (χ1n) is 6.05. The molecule has 102 valence electrons. The zero-order valence-corrected chi connectivity index (χ0v) is 12.6. The fraction of sp³-hybridized carbons (Fsp3) is 0.385. The molecule has 0 saturated heterocycles. The van der Waals surface area contributed by atoms with E-state index in [0.717, 1.165) is 27.2 Å². The molecule has 1 aromatic heterocycles. The van der Waals surface area contributed by atoms with Gasteiger partial charge in [0.2, 0.25) is 0 Å². The van der Waals surface area contributed by atoms with Crippen molar-refractivity contribution in [2.45, 2.75) is 20.0 Å². The minimum Gasteiger partial charge on any atom is -0.383 e. The Morgan fingerprint density at radius 2 is 2.16 bits per heavy atom. The third kappa shape index (κ3) is 3.02. The number of aromatic nitrogens is 3. The molecule has 19 heavy (non-hydrogen) atoms. The zero-order valence-electron chi connectivity index (χ0n) is 11.1. The second kappa shape index (κ2) is 6.27. The van der Waals surface area contributed by atoms with E-state index in [0.29, 0.717) is 19.7 Å². The third-order valence-corrected chi connectivity index (χ3v) is 3.45. The van der Waals surface area contributed by atoms with Crippen molar-refractivity contribution in [3.63, 3.8) is 0 Å². The number of ether oxygens (including phenoxy) is 1. The molecule has 2 N–H and O–H groups in total. The van der Waals surface area contributed by atoms with E-state index in [1.807, 2.05) is 16.7 Å². The van der Waals surface area contributed by atoms with E-state index in [1.165, 1.54) is 0 Å². The van der Waals surface area contributed by atoms with Crippen molar-refractivity contribution in [3.8, 4) is 11.4 Å². The molecule has 0 aliphatic rings. The van der Waals surface area contributed by atoms with Crippen LogP contribution in [0, 0.1) is 6.92 Å². The molecule has 0 spiro atoms. The minimum atomic E-state index is 0.367. The van der Waals surface area contributed by atoms with Crippen LogP contribution in [0.5, 0.6) is 0 Å². The summed E-state index contributed by atoms with van der Waals surface area (Å²) in [5.41, 5.74) is 7.91. The van der Waals surface area contributed by atoms with Gasteiger partial charge in [-0.15, -0.1) is 10.2 Å². The maximum Gasteiger partial charge on any atom is 0.164 e. The molecule has 0 amide bonds. The van der Waals surface area contributed by atoms with Crippen molar-refractivity contribution in [1.29, 1.82) is 0 Å². The van der Waals surface area contributed by atoms with Gasteiger partial charge in [0.15, 0.2) is 5.82 Å². The normalized spacial score (nSPS) is 10.9. The van der Waals surface area contributed by atoms with E-state index in [9.17, 15) is 0 Å². The number of hydrogen-bond acceptors (Lipinski definition) is 4. The summed E-state index contributed by atoms with van der Waals surface area (Å²) >= 11 is 3.47. The lowest BCUT2D eigenvalue weighted by Gasteiger charge is -2.11. The molecule has 1 heterocycles. The highest BCUT2D eigenvalue weighted by atomic mass is 79.9. The number of aryl methyl sites for hydroxylation is 1. The second-order valence-corrected chi connectivity index (χ2v) is 5.16. The van der Waals surface area contributed by atoms with Gasteiger partial charge in [0.1, 0.15) is 5.82 Å². The van der Waals surface area contributed by atoms with Crippen molar-refractivity contribution in [2.75, 3.05) is 13.7 Å². The van der Waals surface area contributed by atoms with Crippen LogP contribution in [0.3, 0.4) is 0 Å². The Balaban J connectivity index is 2.46. The van der Waals surface area contributed by atoms with Crippen LogP contribution in [0.1, 0.15) is 11.4 Å². The summed E-state index contributed by atoms with van der Waals surface area (Å²) in [6.07, 6.45) is 0. The molecule has 1 aromatic carbocycles. The molecule has 0 aliphatic carbocycles. The van der Waals surface area contributed by atoms with Gasteiger partial charge in [0.05, 0.1) is 13.2 Å². The van der Waals surface area contributed by atoms with Crippen LogP contribution in [0.2, 0.25) is 0 Å². The number of nitrogens with two attached hydrogens (primary N) is 1. The van der Waals surface area contributed by atoms with Gasteiger partial charge in [-0.25, -0.2) is 0 Å². The summed E-state index contributed by atoms with van der Waals surface area (Å²) in [7, 11) is 1.68. The summed E-state index contributed by atoms with van der Waals surface area (Å²) < 4.78 is 8.20. The Hall–Kier alpha value is -1.24. The van der Waals surface area contributed by atoms with Crippen LogP contribution in [-0.2, 0) is 17.8 Å². The summed E-state index contributed by atoms with van der Waals surface area (Å²) in [4.78, 5) is 0. The second-order valence-electron chi connectivity index (χ2n) is 4.25. The highest BCUT2D eigenvalue weighted by molar-refractivity contribution is 9.10. The van der Waals surface area contributed by atoms with Crippen molar-refractivity contribution in [2.24, 2.45) is 5.73 Å². The molecule has 2 aromatic rings. The number of hydrogen-bond donors (Lipinski definition) is 1. The van der Waals surface area contributed by atoms with Crippen LogP contribution >= 0.6 is 15.9 Å². The van der Waals surface area contributed by atoms with Crippen LogP contribution in [0.15, 0.2) is 22.7 Å². The van der Waals surface area contributed by atoms with Crippen molar-refractivity contribution in [3.05, 3.63) is 34.1 Å². The number of benzene rings is 1. The van der Waals surface area contributed by atoms with Gasteiger partial charge in [0, 0.05) is 23.7 Å². The molecule has 2 rings (SSSR count). The van der Waals surface area contributed by atoms with E-state index < -0.39 is 0 Å². The predicted molar refractivity (Wildman–Crippen MR) is 77.7 cm³/mol. The van der Waals surface area contributed by atoms with Gasteiger partial charge >= 0.3 is 0 Å². The Labute approximate surface area is 120 Å². The fourth-order valence-corrected chi connectivity index (χ4v) is 2.46. The Kier molecular flexibility index (Phi) is 4.68. The van der Waals surface area contributed by atoms with Crippen molar-refractivity contribution in [1.82, 2.24) is 14.8 Å². The lowest BCUT2D eigenvalue weighted by molar-refractivity contribution is 0.186. The average Bonchev–Trinajstić information content (AvgIpc) is 2.79. The molecule has 0 saturated carbocycles. The first-order chi connectivity index (χ1) is 9.17. The van der Waals surface area contributed by atoms with Gasteiger partial charge in [-0.05, 0) is 30.7 Å². The highest BCUT2D eigenvalue weighted by Crippen LogP contribution is 2.25. The van der Waals surface area contributed by atoms with Gasteiger partial charge in [-0.3, -0.25) is 0 Å². The highest BCUT2D eigenvalue weighted by Gasteiger charge is 2.14. The smallest absolute Gasteiger partial charge is 0.164 e. The zero-order chi connectivity index (χ0) is 13.8. The third-order valence-electron chi connectivity index (χ3n) is 2.96. The minimum absolute atomic E-state index is 0.367. The molecule has 5 nitrogen and oxygen atoms in total. The molecule has 6 heteroatoms. The molecule has 0 aliphatic heterocycles. The van der Waals surface area contributed by atoms with E-state index in [1.54, 1.807) is 7.11 Å². The van der Waals surface area contributed by atoms with E-state index in [-0.39, 0.29) is 0 Å². The number of halogens is 1. The molecule has 0 unspecified atom stereocenters. The topological polar surface area (TPSA) is 66.0 Å². The van der Waals surface area contributed by atoms with E-state index >= 15 is 0 Å². The summed E-state index contributed by atoms with van der Waals surface area (Å²) in [5.74, 6) is 1.61. The number of methoxy groups -OCH3 is 1. The summed E-state index contributed by atoms with van der Waals surface area (Å²) in [5, 5.41) is 8.41. The predicted octanol–water partition coefficient (Wildman–Crippen LogP) is 2.12. The number of nitrogens with zero attached hydrogens (tertiary/aromatic N) is 3. The quantitative estimate of drug-likeness (QED) is 0.914. The van der Waals surface area contributed by atoms with Crippen LogP contribution < -0.4 is 5.73 Å². The Bertz CT molecular complexity index is 568. The number of rotatable bonds is 5. The molecular formula is C13H17BrN4O. The van der Waals surface area contributed by atoms with Gasteiger partial charge < -0.3 is 15.0 Å². The lowest BCUT2D eigenvalue weighted by Crippen LogP contribution is -2.13. The Morgan fingerprint density at radius 3 is 2.79 bits per heavy atom. The van der Waals surface area contributed by atoms with Crippen LogP contribution in [0.4, 0.5) is 0 Å². The summed E-state index contributed by atoms with van der Waals surface area (Å²) in [6.45, 7) is 3.72. The average molecular weight is 325 g/mol. The SMILES string of the molecule is COCCn1c(CN)nnc1-c1ccc(Br)cc1C. The van der Waals surface area contributed by atoms with E-state index in [4.69, 9.17) is 10.5 Å². The Morgan fingerprint density at radius 1 is 1.37 bits per heavy atom. The molecule has 0 atom stereocenters. The summed E-state index contributed by atoms with van der Waals surface area (Å²) in [6, 6.07) is 6.10. The van der Waals surface area contributed by atoms with Crippen molar-refractivity contribution < 1.29 is 4.74 Å². The maximum absolute atomic E-state index is 5.70. The van der Waals surface area contributed by atoms with E-state index in [2.05, 4.69) is 39.1 Å². The first kappa shape index (κ1) is 14.2. The molecule has 0 fully saturated rings. The lowest BCUT2D eigenvalue weighted by atomic mass is 10.1. The first-order valence-corrected chi connectivity index (χ1v) is 6.84.